The number of carboxylic acid groups (broad SMARTS) is 1. The molecule has 0 bridgehead atoms. The highest BCUT2D eigenvalue weighted by Crippen LogP contribution is 2.22. The van der Waals surface area contributed by atoms with E-state index in [9.17, 15) is 19.5 Å². The molecule has 0 spiro atoms. The summed E-state index contributed by atoms with van der Waals surface area (Å²) in [5, 5.41) is 21.2. The molecular formula is C15H18N2O5. The number of carbonyl (C=O) groups is 3. The number of rotatable bonds is 4. The van der Waals surface area contributed by atoms with Gasteiger partial charge in [0.25, 0.3) is 5.91 Å². The molecule has 22 heavy (non-hydrogen) atoms. The summed E-state index contributed by atoms with van der Waals surface area (Å²) in [6.45, 7) is 3.09. The van der Waals surface area contributed by atoms with E-state index < -0.39 is 5.97 Å². The second-order valence-corrected chi connectivity index (χ2v) is 5.21. The molecule has 0 saturated carbocycles. The maximum absolute atomic E-state index is 12.4. The van der Waals surface area contributed by atoms with E-state index >= 15 is 0 Å². The van der Waals surface area contributed by atoms with E-state index in [0.717, 1.165) is 6.07 Å². The maximum atomic E-state index is 12.4. The number of carboxylic acids is 1. The molecule has 118 valence electrons. The molecule has 1 fully saturated rings. The van der Waals surface area contributed by atoms with Crippen LogP contribution in [0.3, 0.4) is 0 Å². The Morgan fingerprint density at radius 2 is 1.95 bits per heavy atom. The second-order valence-electron chi connectivity index (χ2n) is 5.21. The van der Waals surface area contributed by atoms with E-state index in [1.807, 2.05) is 6.92 Å². The maximum Gasteiger partial charge on any atom is 0.335 e. The summed E-state index contributed by atoms with van der Waals surface area (Å²) in [7, 11) is 0. The van der Waals surface area contributed by atoms with Gasteiger partial charge >= 0.3 is 5.97 Å². The largest absolute Gasteiger partial charge is 0.508 e. The first-order valence-corrected chi connectivity index (χ1v) is 7.06. The highest BCUT2D eigenvalue weighted by atomic mass is 16.4. The van der Waals surface area contributed by atoms with Crippen molar-refractivity contribution in [3.05, 3.63) is 29.3 Å². The minimum atomic E-state index is -1.22. The lowest BCUT2D eigenvalue weighted by Crippen LogP contribution is -2.34. The van der Waals surface area contributed by atoms with Gasteiger partial charge < -0.3 is 20.4 Å². The normalized spacial score (nSPS) is 17.3. The van der Waals surface area contributed by atoms with Crippen LogP contribution in [0.15, 0.2) is 18.2 Å². The Morgan fingerprint density at radius 3 is 2.59 bits per heavy atom. The monoisotopic (exact) mass is 306 g/mol. The van der Waals surface area contributed by atoms with Crippen LogP contribution in [0, 0.1) is 5.92 Å². The molecule has 3 N–H and O–H groups in total. The van der Waals surface area contributed by atoms with Crippen molar-refractivity contribution in [2.24, 2.45) is 5.92 Å². The number of nitrogens with zero attached hydrogens (tertiary/aromatic N) is 1. The predicted octanol–water partition coefficient (Wildman–Crippen LogP) is 0.689. The number of hydrogen-bond acceptors (Lipinski definition) is 4. The lowest BCUT2D eigenvalue weighted by molar-refractivity contribution is -0.124. The van der Waals surface area contributed by atoms with Crippen LogP contribution < -0.4 is 5.32 Å². The Hall–Kier alpha value is -2.57. The Morgan fingerprint density at radius 1 is 1.27 bits per heavy atom. The Labute approximate surface area is 127 Å². The fourth-order valence-electron chi connectivity index (χ4n) is 2.52. The molecule has 2 amide bonds. The first-order chi connectivity index (χ1) is 10.4. The standard InChI is InChI=1S/C15H18N2O5/c1-2-16-13(19)9-3-4-17(8-9)14(20)10-5-11(15(21)22)7-12(18)6-10/h5-7,9,18H,2-4,8H2,1H3,(H,16,19)(H,21,22). The van der Waals surface area contributed by atoms with Crippen LogP contribution in [0.25, 0.3) is 0 Å². The average Bonchev–Trinajstić information content (AvgIpc) is 2.95. The Bertz CT molecular complexity index is 614. The van der Waals surface area contributed by atoms with E-state index in [0.29, 0.717) is 26.1 Å². The van der Waals surface area contributed by atoms with Crippen molar-refractivity contribution in [3.8, 4) is 5.75 Å². The van der Waals surface area contributed by atoms with E-state index in [2.05, 4.69) is 5.32 Å². The highest BCUT2D eigenvalue weighted by molar-refractivity contribution is 5.98. The number of nitrogens with one attached hydrogen (secondary N) is 1. The van der Waals surface area contributed by atoms with Crippen LogP contribution >= 0.6 is 0 Å². The number of aromatic carboxylic acids is 1. The van der Waals surface area contributed by atoms with Gasteiger partial charge in [-0.3, -0.25) is 9.59 Å². The molecule has 1 atom stereocenters. The smallest absolute Gasteiger partial charge is 0.335 e. The van der Waals surface area contributed by atoms with Crippen LogP contribution in [0.1, 0.15) is 34.1 Å². The fraction of sp³-hybridized carbons (Fsp3) is 0.400. The van der Waals surface area contributed by atoms with Crippen molar-refractivity contribution in [3.63, 3.8) is 0 Å². The van der Waals surface area contributed by atoms with E-state index in [-0.39, 0.29) is 34.6 Å². The molecule has 1 aromatic carbocycles. The molecule has 1 aliphatic rings. The molecule has 7 heteroatoms. The number of likely N-dealkylation sites (tertiary alicyclic amines) is 1. The third-order valence-corrected chi connectivity index (χ3v) is 3.61. The first kappa shape index (κ1) is 15.8. The Kier molecular flexibility index (Phi) is 4.65. The number of hydrogen-bond donors (Lipinski definition) is 3. The molecule has 7 nitrogen and oxygen atoms in total. The minimum absolute atomic E-state index is 0.0834. The minimum Gasteiger partial charge on any atom is -0.508 e. The molecule has 2 rings (SSSR count). The van der Waals surface area contributed by atoms with Crippen molar-refractivity contribution >= 4 is 17.8 Å². The van der Waals surface area contributed by atoms with Gasteiger partial charge in [-0.15, -0.1) is 0 Å². The van der Waals surface area contributed by atoms with E-state index in [1.54, 1.807) is 0 Å². The van der Waals surface area contributed by atoms with Gasteiger partial charge in [-0.25, -0.2) is 4.79 Å². The number of phenolic OH excluding ortho intramolecular Hbond substituents is 1. The molecule has 1 saturated heterocycles. The fourth-order valence-corrected chi connectivity index (χ4v) is 2.52. The third-order valence-electron chi connectivity index (χ3n) is 3.61. The summed E-state index contributed by atoms with van der Waals surface area (Å²) in [5.74, 6) is -2.21. The topological polar surface area (TPSA) is 107 Å². The summed E-state index contributed by atoms with van der Waals surface area (Å²) < 4.78 is 0. The summed E-state index contributed by atoms with van der Waals surface area (Å²) in [5.41, 5.74) is -0.0447. The molecule has 0 aliphatic carbocycles. The zero-order valence-electron chi connectivity index (χ0n) is 12.2. The van der Waals surface area contributed by atoms with E-state index in [1.165, 1.54) is 17.0 Å². The second kappa shape index (κ2) is 6.46. The molecule has 1 aliphatic heterocycles. The van der Waals surface area contributed by atoms with E-state index in [4.69, 9.17) is 5.11 Å². The van der Waals surface area contributed by atoms with Crippen LogP contribution in [0.5, 0.6) is 5.75 Å². The molecule has 1 heterocycles. The van der Waals surface area contributed by atoms with Gasteiger partial charge in [-0.05, 0) is 31.5 Å². The van der Waals surface area contributed by atoms with Gasteiger partial charge in [0.1, 0.15) is 5.75 Å². The summed E-state index contributed by atoms with van der Waals surface area (Å²) in [6.07, 6.45) is 0.572. The zero-order chi connectivity index (χ0) is 16.3. The summed E-state index contributed by atoms with van der Waals surface area (Å²) in [6, 6.07) is 3.54. The number of amides is 2. The number of phenols is 1. The SMILES string of the molecule is CCNC(=O)C1CCN(C(=O)c2cc(O)cc(C(=O)O)c2)C1. The lowest BCUT2D eigenvalue weighted by atomic mass is 10.1. The summed E-state index contributed by atoms with van der Waals surface area (Å²) in [4.78, 5) is 36.6. The molecule has 1 aromatic rings. The van der Waals surface area contributed by atoms with Gasteiger partial charge in [0, 0.05) is 25.2 Å². The first-order valence-electron chi connectivity index (χ1n) is 7.06. The van der Waals surface area contributed by atoms with Crippen LogP contribution in [-0.4, -0.2) is 52.5 Å². The van der Waals surface area contributed by atoms with Crippen LogP contribution in [0.2, 0.25) is 0 Å². The lowest BCUT2D eigenvalue weighted by Gasteiger charge is -2.17. The van der Waals surface area contributed by atoms with Gasteiger partial charge in [0.15, 0.2) is 0 Å². The van der Waals surface area contributed by atoms with Crippen molar-refractivity contribution in [2.45, 2.75) is 13.3 Å². The predicted molar refractivity (Wildman–Crippen MR) is 77.8 cm³/mol. The highest BCUT2D eigenvalue weighted by Gasteiger charge is 2.31. The van der Waals surface area contributed by atoms with Crippen molar-refractivity contribution in [1.82, 2.24) is 10.2 Å². The third kappa shape index (κ3) is 3.36. The van der Waals surface area contributed by atoms with Crippen molar-refractivity contribution in [1.29, 1.82) is 0 Å². The van der Waals surface area contributed by atoms with Crippen LogP contribution in [-0.2, 0) is 4.79 Å². The van der Waals surface area contributed by atoms with Crippen molar-refractivity contribution in [2.75, 3.05) is 19.6 Å². The zero-order valence-corrected chi connectivity index (χ0v) is 12.2. The quantitative estimate of drug-likeness (QED) is 0.758. The number of aromatic hydroxyl groups is 1. The molecule has 0 radical (unpaired) electrons. The molecule has 1 unspecified atom stereocenters. The van der Waals surface area contributed by atoms with Gasteiger partial charge in [-0.2, -0.15) is 0 Å². The summed E-state index contributed by atoms with van der Waals surface area (Å²) >= 11 is 0. The number of carbonyl (C=O) groups excluding carboxylic acids is 2. The Balaban J connectivity index is 2.13. The molecule has 0 aromatic heterocycles. The van der Waals surface area contributed by atoms with Crippen LogP contribution in [0.4, 0.5) is 0 Å². The van der Waals surface area contributed by atoms with Gasteiger partial charge in [-0.1, -0.05) is 0 Å². The van der Waals surface area contributed by atoms with Crippen molar-refractivity contribution < 1.29 is 24.6 Å². The average molecular weight is 306 g/mol. The van der Waals surface area contributed by atoms with Gasteiger partial charge in [0.05, 0.1) is 11.5 Å². The number of benzene rings is 1. The van der Waals surface area contributed by atoms with Gasteiger partial charge in [0.2, 0.25) is 5.91 Å². The molecular weight excluding hydrogens is 288 g/mol.